The Hall–Kier alpha value is -1.80. The molecule has 0 radical (unpaired) electrons. The third-order valence-electron chi connectivity index (χ3n) is 4.65. The summed E-state index contributed by atoms with van der Waals surface area (Å²) in [6, 6.07) is 18.1. The molecule has 110 valence electrons. The molecule has 2 aromatic carbocycles. The standard InChI is InChI=1S/C19H24N2/c1-14-7-9-16(10-8-14)15(2)21-13-17(11-12-20)18-5-3-4-6-19(18)21/h3-10,15,17H,11-13,20H2,1-2H3. The van der Waals surface area contributed by atoms with Crippen molar-refractivity contribution in [2.75, 3.05) is 18.0 Å². The van der Waals surface area contributed by atoms with Crippen molar-refractivity contribution in [3.8, 4) is 0 Å². The molecule has 0 amide bonds. The zero-order valence-corrected chi connectivity index (χ0v) is 12.9. The summed E-state index contributed by atoms with van der Waals surface area (Å²) in [7, 11) is 0. The van der Waals surface area contributed by atoms with Gasteiger partial charge in [-0.25, -0.2) is 0 Å². The Morgan fingerprint density at radius 1 is 1.14 bits per heavy atom. The molecule has 0 saturated carbocycles. The van der Waals surface area contributed by atoms with E-state index in [0.29, 0.717) is 12.0 Å². The van der Waals surface area contributed by atoms with Gasteiger partial charge < -0.3 is 10.6 Å². The molecule has 0 spiro atoms. The minimum Gasteiger partial charge on any atom is -0.364 e. The van der Waals surface area contributed by atoms with Gasteiger partial charge in [0.05, 0.1) is 6.04 Å². The highest BCUT2D eigenvalue weighted by molar-refractivity contribution is 5.61. The number of aryl methyl sites for hydroxylation is 1. The lowest BCUT2D eigenvalue weighted by atomic mass is 9.98. The molecule has 2 nitrogen and oxygen atoms in total. The highest BCUT2D eigenvalue weighted by atomic mass is 15.2. The van der Waals surface area contributed by atoms with Gasteiger partial charge in [0.2, 0.25) is 0 Å². The van der Waals surface area contributed by atoms with Crippen LogP contribution < -0.4 is 10.6 Å². The number of nitrogens with two attached hydrogens (primary N) is 1. The molecule has 2 aromatic rings. The first-order valence-corrected chi connectivity index (χ1v) is 7.83. The number of hydrogen-bond donors (Lipinski definition) is 1. The quantitative estimate of drug-likeness (QED) is 0.917. The molecule has 2 heteroatoms. The summed E-state index contributed by atoms with van der Waals surface area (Å²) in [6.07, 6.45) is 1.06. The SMILES string of the molecule is Cc1ccc(C(C)N2CC(CCN)c3ccccc32)cc1. The van der Waals surface area contributed by atoms with Crippen molar-refractivity contribution in [2.24, 2.45) is 5.73 Å². The van der Waals surface area contributed by atoms with Gasteiger partial charge in [-0.15, -0.1) is 0 Å². The lowest BCUT2D eigenvalue weighted by Gasteiger charge is -2.28. The summed E-state index contributed by atoms with van der Waals surface area (Å²) >= 11 is 0. The normalized spacial score (nSPS) is 18.6. The van der Waals surface area contributed by atoms with Crippen molar-refractivity contribution in [3.05, 3.63) is 65.2 Å². The third-order valence-corrected chi connectivity index (χ3v) is 4.65. The highest BCUT2D eigenvalue weighted by Crippen LogP contribution is 2.42. The van der Waals surface area contributed by atoms with E-state index >= 15 is 0 Å². The van der Waals surface area contributed by atoms with Crippen molar-refractivity contribution >= 4 is 5.69 Å². The minimum absolute atomic E-state index is 0.398. The molecule has 1 aliphatic rings. The van der Waals surface area contributed by atoms with E-state index in [0.717, 1.165) is 19.5 Å². The van der Waals surface area contributed by atoms with Crippen molar-refractivity contribution in [1.29, 1.82) is 0 Å². The van der Waals surface area contributed by atoms with Crippen molar-refractivity contribution in [3.63, 3.8) is 0 Å². The summed E-state index contributed by atoms with van der Waals surface area (Å²) in [5.74, 6) is 0.569. The Bertz CT molecular complexity index is 603. The van der Waals surface area contributed by atoms with Gasteiger partial charge in [0, 0.05) is 18.2 Å². The van der Waals surface area contributed by atoms with Gasteiger partial charge in [0.25, 0.3) is 0 Å². The van der Waals surface area contributed by atoms with E-state index in [9.17, 15) is 0 Å². The Morgan fingerprint density at radius 3 is 2.57 bits per heavy atom. The van der Waals surface area contributed by atoms with E-state index in [1.807, 2.05) is 0 Å². The van der Waals surface area contributed by atoms with Crippen LogP contribution in [0.1, 0.15) is 42.0 Å². The van der Waals surface area contributed by atoms with Crippen LogP contribution in [0.15, 0.2) is 48.5 Å². The van der Waals surface area contributed by atoms with Crippen LogP contribution in [0, 0.1) is 6.92 Å². The van der Waals surface area contributed by atoms with Crippen LogP contribution in [0.3, 0.4) is 0 Å². The zero-order valence-electron chi connectivity index (χ0n) is 12.9. The lowest BCUT2D eigenvalue weighted by Crippen LogP contribution is -2.26. The summed E-state index contributed by atoms with van der Waals surface area (Å²) in [5.41, 5.74) is 11.3. The van der Waals surface area contributed by atoms with E-state index in [1.54, 1.807) is 0 Å². The fourth-order valence-corrected chi connectivity index (χ4v) is 3.37. The molecule has 0 bridgehead atoms. The van der Waals surface area contributed by atoms with Crippen LogP contribution in [0.2, 0.25) is 0 Å². The van der Waals surface area contributed by atoms with Crippen LogP contribution in [0.25, 0.3) is 0 Å². The molecule has 0 saturated heterocycles. The first-order valence-electron chi connectivity index (χ1n) is 7.83. The second-order valence-corrected chi connectivity index (χ2v) is 6.07. The van der Waals surface area contributed by atoms with Crippen LogP contribution in [-0.4, -0.2) is 13.1 Å². The molecule has 2 atom stereocenters. The Morgan fingerprint density at radius 2 is 1.86 bits per heavy atom. The molecule has 1 aliphatic heterocycles. The van der Waals surface area contributed by atoms with Crippen molar-refractivity contribution in [1.82, 2.24) is 0 Å². The maximum atomic E-state index is 5.80. The number of benzene rings is 2. The summed E-state index contributed by atoms with van der Waals surface area (Å²) in [6.45, 7) is 6.26. The van der Waals surface area contributed by atoms with Gasteiger partial charge in [-0.2, -0.15) is 0 Å². The third kappa shape index (κ3) is 2.68. The largest absolute Gasteiger partial charge is 0.364 e. The number of para-hydroxylation sites is 1. The topological polar surface area (TPSA) is 29.3 Å². The van der Waals surface area contributed by atoms with Crippen LogP contribution in [0.4, 0.5) is 5.69 Å². The molecular weight excluding hydrogens is 256 g/mol. The van der Waals surface area contributed by atoms with E-state index in [4.69, 9.17) is 5.73 Å². The average molecular weight is 280 g/mol. The summed E-state index contributed by atoms with van der Waals surface area (Å²) < 4.78 is 0. The molecule has 1 heterocycles. The van der Waals surface area contributed by atoms with Crippen molar-refractivity contribution in [2.45, 2.75) is 32.2 Å². The van der Waals surface area contributed by atoms with Crippen LogP contribution in [0.5, 0.6) is 0 Å². The van der Waals surface area contributed by atoms with E-state index in [2.05, 4.69) is 67.3 Å². The van der Waals surface area contributed by atoms with Gasteiger partial charge in [-0.05, 0) is 44.0 Å². The van der Waals surface area contributed by atoms with Crippen LogP contribution >= 0.6 is 0 Å². The smallest absolute Gasteiger partial charge is 0.0514 e. The first-order chi connectivity index (χ1) is 10.2. The average Bonchev–Trinajstić information content (AvgIpc) is 2.87. The number of hydrogen-bond acceptors (Lipinski definition) is 2. The van der Waals surface area contributed by atoms with Gasteiger partial charge in [-0.3, -0.25) is 0 Å². The molecule has 2 N–H and O–H groups in total. The monoisotopic (exact) mass is 280 g/mol. The van der Waals surface area contributed by atoms with Crippen molar-refractivity contribution < 1.29 is 0 Å². The van der Waals surface area contributed by atoms with Gasteiger partial charge in [0.15, 0.2) is 0 Å². The van der Waals surface area contributed by atoms with Gasteiger partial charge >= 0.3 is 0 Å². The van der Waals surface area contributed by atoms with E-state index in [-0.39, 0.29) is 0 Å². The fraction of sp³-hybridized carbons (Fsp3) is 0.368. The van der Waals surface area contributed by atoms with E-state index in [1.165, 1.54) is 22.4 Å². The minimum atomic E-state index is 0.398. The molecule has 21 heavy (non-hydrogen) atoms. The number of nitrogens with zero attached hydrogens (tertiary/aromatic N) is 1. The molecule has 2 unspecified atom stereocenters. The Kier molecular flexibility index (Phi) is 3.98. The maximum absolute atomic E-state index is 5.80. The Balaban J connectivity index is 1.90. The molecular formula is C19H24N2. The molecule has 0 aliphatic carbocycles. The van der Waals surface area contributed by atoms with Crippen LogP contribution in [-0.2, 0) is 0 Å². The number of fused-ring (bicyclic) bond motifs is 1. The fourth-order valence-electron chi connectivity index (χ4n) is 3.37. The van der Waals surface area contributed by atoms with Gasteiger partial charge in [-0.1, -0.05) is 48.0 Å². The number of anilines is 1. The Labute approximate surface area is 127 Å². The predicted octanol–water partition coefficient (Wildman–Crippen LogP) is 4.01. The molecule has 0 fully saturated rings. The predicted molar refractivity (Wildman–Crippen MR) is 89.8 cm³/mol. The lowest BCUT2D eigenvalue weighted by molar-refractivity contribution is 0.606. The second kappa shape index (κ2) is 5.90. The number of rotatable bonds is 4. The molecule has 0 aromatic heterocycles. The highest BCUT2D eigenvalue weighted by Gasteiger charge is 2.30. The molecule has 3 rings (SSSR count). The van der Waals surface area contributed by atoms with Gasteiger partial charge in [0.1, 0.15) is 0 Å². The summed E-state index contributed by atoms with van der Waals surface area (Å²) in [5, 5.41) is 0. The second-order valence-electron chi connectivity index (χ2n) is 6.07. The zero-order chi connectivity index (χ0) is 14.8. The maximum Gasteiger partial charge on any atom is 0.0514 e. The summed E-state index contributed by atoms with van der Waals surface area (Å²) in [4.78, 5) is 2.53. The first kappa shape index (κ1) is 14.2. The van der Waals surface area contributed by atoms with E-state index < -0.39 is 0 Å².